The van der Waals surface area contributed by atoms with Crippen molar-refractivity contribution in [2.24, 2.45) is 5.10 Å². The number of amides is 1. The van der Waals surface area contributed by atoms with Crippen LogP contribution >= 0.6 is 0 Å². The van der Waals surface area contributed by atoms with Gasteiger partial charge in [0.05, 0.1) is 27.0 Å². The van der Waals surface area contributed by atoms with Crippen LogP contribution in [0.15, 0.2) is 70.2 Å². The summed E-state index contributed by atoms with van der Waals surface area (Å²) >= 11 is 0. The minimum absolute atomic E-state index is 0.0814. The van der Waals surface area contributed by atoms with E-state index in [1.807, 2.05) is 48.5 Å². The number of rotatable bonds is 10. The number of hydrogen-bond donors (Lipinski definition) is 2. The molecule has 0 atom stereocenters. The molecule has 8 heteroatoms. The average molecular weight is 409 g/mol. The smallest absolute Gasteiger partial charge is 0.285 e. The Bertz CT molecular complexity index is 965. The van der Waals surface area contributed by atoms with Gasteiger partial charge in [-0.25, -0.2) is 5.43 Å². The zero-order chi connectivity index (χ0) is 21.2. The Kier molecular flexibility index (Phi) is 7.32. The number of ether oxygens (including phenoxy) is 3. The fourth-order valence-electron chi connectivity index (χ4n) is 2.46. The van der Waals surface area contributed by atoms with Crippen molar-refractivity contribution in [1.29, 1.82) is 0 Å². The summed E-state index contributed by atoms with van der Waals surface area (Å²) < 4.78 is 21.3. The van der Waals surface area contributed by atoms with Crippen LogP contribution in [0.5, 0.6) is 17.4 Å². The summed E-state index contributed by atoms with van der Waals surface area (Å²) in [4.78, 5) is 11.9. The molecular formula is C22H23N3O5. The van der Waals surface area contributed by atoms with Gasteiger partial charge in [-0.15, -0.1) is 0 Å². The van der Waals surface area contributed by atoms with Crippen LogP contribution in [0.1, 0.15) is 11.3 Å². The fourth-order valence-corrected chi connectivity index (χ4v) is 2.46. The maximum Gasteiger partial charge on any atom is 0.285 e. The van der Waals surface area contributed by atoms with Gasteiger partial charge in [0.15, 0.2) is 5.76 Å². The van der Waals surface area contributed by atoms with Gasteiger partial charge in [-0.2, -0.15) is 5.10 Å². The van der Waals surface area contributed by atoms with Crippen molar-refractivity contribution in [2.75, 3.05) is 26.1 Å². The van der Waals surface area contributed by atoms with Gasteiger partial charge in [-0.3, -0.25) is 4.79 Å². The third kappa shape index (κ3) is 6.30. The van der Waals surface area contributed by atoms with Crippen molar-refractivity contribution in [1.82, 2.24) is 5.43 Å². The molecule has 1 amide bonds. The van der Waals surface area contributed by atoms with Gasteiger partial charge in [0.2, 0.25) is 0 Å². The van der Waals surface area contributed by atoms with E-state index in [0.717, 1.165) is 22.7 Å². The summed E-state index contributed by atoms with van der Waals surface area (Å²) in [6, 6.07) is 18.2. The maximum atomic E-state index is 11.9. The van der Waals surface area contributed by atoms with Crippen LogP contribution in [0.2, 0.25) is 0 Å². The zero-order valence-electron chi connectivity index (χ0n) is 16.8. The van der Waals surface area contributed by atoms with Crippen molar-refractivity contribution < 1.29 is 23.4 Å². The van der Waals surface area contributed by atoms with E-state index in [2.05, 4.69) is 15.8 Å². The van der Waals surface area contributed by atoms with E-state index in [1.54, 1.807) is 26.4 Å². The first-order chi connectivity index (χ1) is 14.7. The molecule has 0 spiro atoms. The molecule has 30 heavy (non-hydrogen) atoms. The highest BCUT2D eigenvalue weighted by Crippen LogP contribution is 2.18. The Balaban J connectivity index is 1.40. The van der Waals surface area contributed by atoms with Crippen LogP contribution in [-0.2, 0) is 11.4 Å². The normalized spacial score (nSPS) is 10.6. The third-order valence-corrected chi connectivity index (χ3v) is 4.07. The molecule has 8 nitrogen and oxygen atoms in total. The Morgan fingerprint density at radius 1 is 0.967 bits per heavy atom. The maximum absolute atomic E-state index is 11.9. The zero-order valence-corrected chi connectivity index (χ0v) is 16.8. The molecule has 0 aliphatic heterocycles. The van der Waals surface area contributed by atoms with Gasteiger partial charge >= 0.3 is 0 Å². The van der Waals surface area contributed by atoms with Crippen LogP contribution < -0.4 is 25.0 Å². The van der Waals surface area contributed by atoms with Gasteiger partial charge < -0.3 is 23.9 Å². The molecule has 3 rings (SSSR count). The number of furan rings is 1. The average Bonchev–Trinajstić information content (AvgIpc) is 3.24. The monoisotopic (exact) mass is 409 g/mol. The Hall–Kier alpha value is -3.94. The van der Waals surface area contributed by atoms with E-state index < -0.39 is 0 Å². The lowest BCUT2D eigenvalue weighted by Crippen LogP contribution is -2.25. The Morgan fingerprint density at radius 2 is 1.63 bits per heavy atom. The highest BCUT2D eigenvalue weighted by molar-refractivity contribution is 5.83. The molecule has 0 saturated carbocycles. The van der Waals surface area contributed by atoms with E-state index in [1.165, 1.54) is 6.21 Å². The largest absolute Gasteiger partial charge is 0.497 e. The van der Waals surface area contributed by atoms with E-state index in [-0.39, 0.29) is 12.5 Å². The molecule has 0 bridgehead atoms. The fraction of sp³-hybridized carbons (Fsp3) is 0.182. The number of methoxy groups -OCH3 is 2. The second-order valence-electron chi connectivity index (χ2n) is 6.17. The first-order valence-electron chi connectivity index (χ1n) is 9.21. The second-order valence-corrected chi connectivity index (χ2v) is 6.17. The lowest BCUT2D eigenvalue weighted by Gasteiger charge is -2.06. The van der Waals surface area contributed by atoms with Gasteiger partial charge in [-0.1, -0.05) is 12.1 Å². The van der Waals surface area contributed by atoms with Crippen LogP contribution in [0, 0.1) is 0 Å². The van der Waals surface area contributed by atoms with Crippen molar-refractivity contribution in [3.05, 3.63) is 72.0 Å². The number of hydrogen-bond acceptors (Lipinski definition) is 7. The highest BCUT2D eigenvalue weighted by atomic mass is 16.6. The number of benzene rings is 2. The van der Waals surface area contributed by atoms with Gasteiger partial charge in [0.1, 0.15) is 18.1 Å². The van der Waals surface area contributed by atoms with Gasteiger partial charge in [-0.05, 0) is 48.0 Å². The third-order valence-electron chi connectivity index (χ3n) is 4.07. The molecule has 0 aliphatic carbocycles. The molecule has 0 saturated heterocycles. The predicted molar refractivity (Wildman–Crippen MR) is 113 cm³/mol. The van der Waals surface area contributed by atoms with Crippen molar-refractivity contribution >= 4 is 17.8 Å². The SMILES string of the molecule is COc1ccc(COc2ccc(/C=N/NC(=O)CNc3ccc(OC)cc3)o2)cc1. The van der Waals surface area contributed by atoms with Crippen LogP contribution in [0.3, 0.4) is 0 Å². The first kappa shape index (κ1) is 20.8. The molecule has 0 unspecified atom stereocenters. The quantitative estimate of drug-likeness (QED) is 0.394. The summed E-state index contributed by atoms with van der Waals surface area (Å²) in [5.74, 6) is 2.07. The summed E-state index contributed by atoms with van der Waals surface area (Å²) in [6.07, 6.45) is 1.41. The van der Waals surface area contributed by atoms with Crippen LogP contribution in [0.4, 0.5) is 5.69 Å². The number of carbonyl (C=O) groups excluding carboxylic acids is 1. The standard InChI is InChI=1S/C22H23N3O5/c1-27-18-7-3-16(4-8-18)15-29-22-12-11-20(30-22)13-24-25-21(26)14-23-17-5-9-19(28-2)10-6-17/h3-13,23H,14-15H2,1-2H3,(H,25,26)/b24-13+. The summed E-state index contributed by atoms with van der Waals surface area (Å²) in [6.45, 7) is 0.444. The molecule has 0 fully saturated rings. The summed E-state index contributed by atoms with van der Waals surface area (Å²) in [5.41, 5.74) is 4.22. The molecular weight excluding hydrogens is 386 g/mol. The van der Waals surface area contributed by atoms with E-state index in [4.69, 9.17) is 18.6 Å². The molecule has 3 aromatic rings. The molecule has 2 aromatic carbocycles. The van der Waals surface area contributed by atoms with Crippen molar-refractivity contribution in [3.8, 4) is 17.4 Å². The van der Waals surface area contributed by atoms with Crippen molar-refractivity contribution in [2.45, 2.75) is 6.61 Å². The molecule has 1 heterocycles. The molecule has 2 N–H and O–H groups in total. The topological polar surface area (TPSA) is 94.3 Å². The minimum Gasteiger partial charge on any atom is -0.497 e. The van der Waals surface area contributed by atoms with Gasteiger partial charge in [0.25, 0.3) is 11.9 Å². The second kappa shape index (κ2) is 10.6. The Labute approximate surface area is 174 Å². The lowest BCUT2D eigenvalue weighted by atomic mass is 10.2. The molecule has 0 radical (unpaired) electrons. The van der Waals surface area contributed by atoms with E-state index >= 15 is 0 Å². The number of nitrogens with zero attached hydrogens (tertiary/aromatic N) is 1. The van der Waals surface area contributed by atoms with E-state index in [9.17, 15) is 4.79 Å². The molecule has 0 aliphatic rings. The molecule has 1 aromatic heterocycles. The number of nitrogens with one attached hydrogen (secondary N) is 2. The first-order valence-corrected chi connectivity index (χ1v) is 9.21. The molecule has 156 valence electrons. The number of hydrazone groups is 1. The predicted octanol–water partition coefficient (Wildman–Crippen LogP) is 3.44. The number of anilines is 1. The van der Waals surface area contributed by atoms with Crippen LogP contribution in [0.25, 0.3) is 0 Å². The summed E-state index contributed by atoms with van der Waals surface area (Å²) in [5, 5.41) is 6.88. The lowest BCUT2D eigenvalue weighted by molar-refractivity contribution is -0.119. The summed E-state index contributed by atoms with van der Waals surface area (Å²) in [7, 11) is 3.22. The van der Waals surface area contributed by atoms with Gasteiger partial charge in [0, 0.05) is 11.8 Å². The highest BCUT2D eigenvalue weighted by Gasteiger charge is 2.03. The van der Waals surface area contributed by atoms with E-state index in [0.29, 0.717) is 18.3 Å². The number of carbonyl (C=O) groups is 1. The Morgan fingerprint density at radius 3 is 2.30 bits per heavy atom. The van der Waals surface area contributed by atoms with Crippen molar-refractivity contribution in [3.63, 3.8) is 0 Å². The van der Waals surface area contributed by atoms with Crippen LogP contribution in [-0.4, -0.2) is 32.9 Å². The minimum atomic E-state index is -0.287.